The summed E-state index contributed by atoms with van der Waals surface area (Å²) < 4.78 is 5.27. The second-order valence-corrected chi connectivity index (χ2v) is 7.09. The van der Waals surface area contributed by atoms with Crippen LogP contribution in [0.4, 0.5) is 0 Å². The Morgan fingerprint density at radius 3 is 2.69 bits per heavy atom. The van der Waals surface area contributed by atoms with Gasteiger partial charge in [-0.25, -0.2) is 0 Å². The zero-order valence-corrected chi connectivity index (χ0v) is 15.5. The number of piperidine rings is 1. The number of likely N-dealkylation sites (tertiary alicyclic amines) is 1. The number of nitrogens with one attached hydrogen (secondary N) is 1. The van der Waals surface area contributed by atoms with Crippen molar-refractivity contribution in [2.75, 3.05) is 19.6 Å². The molecule has 138 valence electrons. The maximum absolute atomic E-state index is 12.8. The smallest absolute Gasteiger partial charge is 0.253 e. The van der Waals surface area contributed by atoms with Gasteiger partial charge in [0.05, 0.1) is 12.2 Å². The average molecular weight is 354 g/mol. The Kier molecular flexibility index (Phi) is 5.76. The van der Waals surface area contributed by atoms with Crippen LogP contribution in [0.2, 0.25) is 0 Å². The molecule has 5 heteroatoms. The number of benzene rings is 1. The summed E-state index contributed by atoms with van der Waals surface area (Å²) in [5.41, 5.74) is 2.87. The number of nitrogens with zero attached hydrogens (tertiary/aromatic N) is 1. The summed E-state index contributed by atoms with van der Waals surface area (Å²) in [5.74, 6) is 0.759. The monoisotopic (exact) mass is 354 g/mol. The van der Waals surface area contributed by atoms with Gasteiger partial charge in [-0.3, -0.25) is 9.59 Å². The van der Waals surface area contributed by atoms with E-state index in [0.717, 1.165) is 29.7 Å². The van der Waals surface area contributed by atoms with Gasteiger partial charge < -0.3 is 14.6 Å². The third-order valence-electron chi connectivity index (χ3n) is 4.80. The van der Waals surface area contributed by atoms with Gasteiger partial charge in [0, 0.05) is 31.6 Å². The van der Waals surface area contributed by atoms with Gasteiger partial charge in [-0.05, 0) is 51.0 Å². The molecule has 0 saturated carbocycles. The summed E-state index contributed by atoms with van der Waals surface area (Å²) in [4.78, 5) is 27.1. The fraction of sp³-hybridized carbons (Fsp3) is 0.429. The first-order chi connectivity index (χ1) is 12.5. The predicted octanol–water partition coefficient (Wildman–Crippen LogP) is 3.11. The van der Waals surface area contributed by atoms with Crippen molar-refractivity contribution >= 4 is 11.8 Å². The van der Waals surface area contributed by atoms with Gasteiger partial charge in [0.2, 0.25) is 5.91 Å². The molecule has 1 aliphatic heterocycles. The minimum Gasteiger partial charge on any atom is -0.469 e. The predicted molar refractivity (Wildman–Crippen MR) is 100.0 cm³/mol. The number of hydrogen-bond acceptors (Lipinski definition) is 3. The van der Waals surface area contributed by atoms with Crippen LogP contribution in [-0.2, 0) is 11.2 Å². The van der Waals surface area contributed by atoms with Crippen molar-refractivity contribution in [1.29, 1.82) is 0 Å². The minimum absolute atomic E-state index is 0.0184. The maximum Gasteiger partial charge on any atom is 0.253 e. The highest BCUT2D eigenvalue weighted by Crippen LogP contribution is 2.20. The standard InChI is InChI=1S/C21H26N2O3/c1-15-11-16(2)13-18(12-15)21(25)23-9-3-5-17(14-23)20(24)22-8-7-19-6-4-10-26-19/h4,6,10-13,17H,3,5,7-9,14H2,1-2H3,(H,22,24). The van der Waals surface area contributed by atoms with E-state index in [2.05, 4.69) is 11.4 Å². The summed E-state index contributed by atoms with van der Waals surface area (Å²) in [6, 6.07) is 9.64. The molecule has 0 spiro atoms. The number of rotatable bonds is 5. The molecule has 1 aromatic carbocycles. The Morgan fingerprint density at radius 2 is 2.00 bits per heavy atom. The van der Waals surface area contributed by atoms with E-state index in [0.29, 0.717) is 31.6 Å². The Morgan fingerprint density at radius 1 is 1.23 bits per heavy atom. The van der Waals surface area contributed by atoms with Crippen LogP contribution in [0.5, 0.6) is 0 Å². The van der Waals surface area contributed by atoms with Gasteiger partial charge >= 0.3 is 0 Å². The highest BCUT2D eigenvalue weighted by Gasteiger charge is 2.28. The number of carbonyl (C=O) groups is 2. The van der Waals surface area contributed by atoms with E-state index in [4.69, 9.17) is 4.42 Å². The number of furan rings is 1. The summed E-state index contributed by atoms with van der Waals surface area (Å²) >= 11 is 0. The third-order valence-corrected chi connectivity index (χ3v) is 4.80. The Hall–Kier alpha value is -2.56. The Bertz CT molecular complexity index is 747. The zero-order valence-electron chi connectivity index (χ0n) is 15.5. The largest absolute Gasteiger partial charge is 0.469 e. The van der Waals surface area contributed by atoms with E-state index in [1.807, 2.05) is 43.0 Å². The van der Waals surface area contributed by atoms with E-state index in [1.54, 1.807) is 6.26 Å². The quantitative estimate of drug-likeness (QED) is 0.897. The minimum atomic E-state index is -0.143. The number of amides is 2. The molecule has 0 radical (unpaired) electrons. The lowest BCUT2D eigenvalue weighted by Gasteiger charge is -2.32. The van der Waals surface area contributed by atoms with Crippen LogP contribution in [0.3, 0.4) is 0 Å². The van der Waals surface area contributed by atoms with E-state index < -0.39 is 0 Å². The first-order valence-electron chi connectivity index (χ1n) is 9.20. The van der Waals surface area contributed by atoms with Crippen molar-refractivity contribution in [1.82, 2.24) is 10.2 Å². The van der Waals surface area contributed by atoms with E-state index in [1.165, 1.54) is 0 Å². The van der Waals surface area contributed by atoms with E-state index in [9.17, 15) is 9.59 Å². The van der Waals surface area contributed by atoms with Crippen molar-refractivity contribution in [3.63, 3.8) is 0 Å². The molecule has 2 aromatic rings. The molecular formula is C21H26N2O3. The van der Waals surface area contributed by atoms with Crippen LogP contribution in [0, 0.1) is 19.8 Å². The molecule has 1 atom stereocenters. The number of hydrogen-bond donors (Lipinski definition) is 1. The lowest BCUT2D eigenvalue weighted by atomic mass is 9.96. The molecule has 1 N–H and O–H groups in total. The van der Waals surface area contributed by atoms with Gasteiger partial charge in [0.15, 0.2) is 0 Å². The topological polar surface area (TPSA) is 62.6 Å². The van der Waals surface area contributed by atoms with Crippen LogP contribution in [0.25, 0.3) is 0 Å². The van der Waals surface area contributed by atoms with Crippen LogP contribution >= 0.6 is 0 Å². The first-order valence-corrected chi connectivity index (χ1v) is 9.20. The molecule has 2 heterocycles. The SMILES string of the molecule is Cc1cc(C)cc(C(=O)N2CCCC(C(=O)NCCc3ccco3)C2)c1. The molecule has 1 saturated heterocycles. The molecule has 3 rings (SSSR count). The zero-order chi connectivity index (χ0) is 18.5. The number of carbonyl (C=O) groups excluding carboxylic acids is 2. The summed E-state index contributed by atoms with van der Waals surface area (Å²) in [6.07, 6.45) is 3.99. The maximum atomic E-state index is 12.8. The second-order valence-electron chi connectivity index (χ2n) is 7.09. The summed E-state index contributed by atoms with van der Waals surface area (Å²) in [6.45, 7) is 5.73. The lowest BCUT2D eigenvalue weighted by Crippen LogP contribution is -2.45. The molecule has 2 amide bonds. The molecule has 1 aliphatic rings. The fourth-order valence-corrected chi connectivity index (χ4v) is 3.56. The van der Waals surface area contributed by atoms with Gasteiger partial charge in [-0.2, -0.15) is 0 Å². The van der Waals surface area contributed by atoms with Gasteiger partial charge in [0.25, 0.3) is 5.91 Å². The highest BCUT2D eigenvalue weighted by atomic mass is 16.3. The van der Waals surface area contributed by atoms with E-state index >= 15 is 0 Å². The van der Waals surface area contributed by atoms with Crippen molar-refractivity contribution in [2.24, 2.45) is 5.92 Å². The normalized spacial score (nSPS) is 17.2. The molecule has 1 unspecified atom stereocenters. The Labute approximate surface area is 154 Å². The van der Waals surface area contributed by atoms with Crippen molar-refractivity contribution in [2.45, 2.75) is 33.1 Å². The fourth-order valence-electron chi connectivity index (χ4n) is 3.56. The molecule has 0 aliphatic carbocycles. The van der Waals surface area contributed by atoms with Crippen LogP contribution in [0.1, 0.15) is 40.1 Å². The van der Waals surface area contributed by atoms with E-state index in [-0.39, 0.29) is 17.7 Å². The van der Waals surface area contributed by atoms with Gasteiger partial charge in [-0.15, -0.1) is 0 Å². The van der Waals surface area contributed by atoms with Crippen molar-refractivity contribution < 1.29 is 14.0 Å². The highest BCUT2D eigenvalue weighted by molar-refractivity contribution is 5.95. The number of aryl methyl sites for hydroxylation is 2. The first kappa shape index (κ1) is 18.2. The average Bonchev–Trinajstić information content (AvgIpc) is 3.13. The lowest BCUT2D eigenvalue weighted by molar-refractivity contribution is -0.126. The van der Waals surface area contributed by atoms with Crippen LogP contribution in [0.15, 0.2) is 41.0 Å². The Balaban J connectivity index is 1.56. The molecule has 1 fully saturated rings. The van der Waals surface area contributed by atoms with Gasteiger partial charge in [0.1, 0.15) is 5.76 Å². The van der Waals surface area contributed by atoms with Crippen molar-refractivity contribution in [3.8, 4) is 0 Å². The second kappa shape index (κ2) is 8.21. The van der Waals surface area contributed by atoms with Gasteiger partial charge in [-0.1, -0.05) is 17.2 Å². The molecular weight excluding hydrogens is 328 g/mol. The molecule has 1 aromatic heterocycles. The molecule has 5 nitrogen and oxygen atoms in total. The third kappa shape index (κ3) is 4.54. The summed E-state index contributed by atoms with van der Waals surface area (Å²) in [5, 5.41) is 2.97. The van der Waals surface area contributed by atoms with Crippen molar-refractivity contribution in [3.05, 3.63) is 59.0 Å². The molecule has 26 heavy (non-hydrogen) atoms. The summed E-state index contributed by atoms with van der Waals surface area (Å²) in [7, 11) is 0. The van der Waals surface area contributed by atoms with Crippen LogP contribution < -0.4 is 5.32 Å². The van der Waals surface area contributed by atoms with Crippen LogP contribution in [-0.4, -0.2) is 36.3 Å². The molecule has 0 bridgehead atoms.